The Kier molecular flexibility index (Phi) is 4.69. The molecule has 0 saturated heterocycles. The van der Waals surface area contributed by atoms with Crippen molar-refractivity contribution in [3.05, 3.63) is 28.7 Å². The molecule has 1 aliphatic carbocycles. The molecule has 1 N–H and O–H groups in total. The van der Waals surface area contributed by atoms with Gasteiger partial charge in [0, 0.05) is 16.4 Å². The molecule has 1 aliphatic rings. The van der Waals surface area contributed by atoms with Crippen LogP contribution in [0, 0.1) is 5.92 Å². The Balaban J connectivity index is 2.17. The van der Waals surface area contributed by atoms with Crippen molar-refractivity contribution in [2.24, 2.45) is 5.92 Å². The highest BCUT2D eigenvalue weighted by Gasteiger charge is 2.30. The highest BCUT2D eigenvalue weighted by atomic mass is 79.9. The van der Waals surface area contributed by atoms with E-state index in [9.17, 15) is 8.42 Å². The van der Waals surface area contributed by atoms with Gasteiger partial charge in [-0.25, -0.2) is 13.1 Å². The first-order valence-electron chi connectivity index (χ1n) is 5.87. The number of rotatable bonds is 4. The van der Waals surface area contributed by atoms with Gasteiger partial charge < -0.3 is 0 Å². The molecule has 0 aliphatic heterocycles. The topological polar surface area (TPSA) is 46.2 Å². The summed E-state index contributed by atoms with van der Waals surface area (Å²) in [6.45, 7) is 0. The monoisotopic (exact) mass is 351 g/mol. The molecule has 18 heavy (non-hydrogen) atoms. The molecule has 6 heteroatoms. The third kappa shape index (κ3) is 3.26. The summed E-state index contributed by atoms with van der Waals surface area (Å²) in [6.07, 6.45) is 2.89. The van der Waals surface area contributed by atoms with Gasteiger partial charge in [0.1, 0.15) is 0 Å². The second-order valence-corrected chi connectivity index (χ2v) is 7.47. The lowest BCUT2D eigenvalue weighted by atomic mass is 10.1. The van der Waals surface area contributed by atoms with Crippen LogP contribution in [-0.4, -0.2) is 20.3 Å². The molecule has 1 fully saturated rings. The number of nitrogens with one attached hydrogen (secondary N) is 1. The molecule has 0 aromatic heterocycles. The lowest BCUT2D eigenvalue weighted by molar-refractivity contribution is 0.480. The number of benzene rings is 1. The number of alkyl halides is 1. The molecule has 0 radical (unpaired) electrons. The van der Waals surface area contributed by atoms with Gasteiger partial charge in [-0.1, -0.05) is 28.4 Å². The van der Waals surface area contributed by atoms with Crippen molar-refractivity contribution in [2.45, 2.75) is 30.2 Å². The molecular formula is C12H15BrClNO2S. The van der Waals surface area contributed by atoms with Gasteiger partial charge in [-0.3, -0.25) is 0 Å². The average Bonchev–Trinajstić information content (AvgIpc) is 2.75. The Morgan fingerprint density at radius 3 is 2.83 bits per heavy atom. The molecular weight excluding hydrogens is 338 g/mol. The molecule has 0 spiro atoms. The molecule has 100 valence electrons. The molecule has 3 nitrogen and oxygen atoms in total. The summed E-state index contributed by atoms with van der Waals surface area (Å²) >= 11 is 9.14. The lowest BCUT2D eigenvalue weighted by Gasteiger charge is -2.18. The number of sulfonamides is 1. The fraction of sp³-hybridized carbons (Fsp3) is 0.500. The van der Waals surface area contributed by atoms with Crippen LogP contribution in [-0.2, 0) is 10.0 Å². The smallest absolute Gasteiger partial charge is 0.208 e. The van der Waals surface area contributed by atoms with Crippen LogP contribution in [0.5, 0.6) is 0 Å². The second kappa shape index (κ2) is 5.90. The van der Waals surface area contributed by atoms with Crippen molar-refractivity contribution in [3.63, 3.8) is 0 Å². The van der Waals surface area contributed by atoms with Crippen LogP contribution in [0.1, 0.15) is 19.3 Å². The zero-order chi connectivity index (χ0) is 13.2. The Hall–Kier alpha value is -0.100. The number of halogens is 2. The van der Waals surface area contributed by atoms with Crippen molar-refractivity contribution in [1.29, 1.82) is 0 Å². The third-order valence-electron chi connectivity index (χ3n) is 3.27. The van der Waals surface area contributed by atoms with E-state index in [1.807, 2.05) is 0 Å². The SMILES string of the molecule is O=S(=O)(NC1CCCC1CCl)c1cccc(Br)c1. The van der Waals surface area contributed by atoms with Crippen LogP contribution in [0.2, 0.25) is 0 Å². The summed E-state index contributed by atoms with van der Waals surface area (Å²) in [5, 5.41) is 0. The van der Waals surface area contributed by atoms with Crippen LogP contribution < -0.4 is 4.72 Å². The first-order chi connectivity index (χ1) is 8.53. The van der Waals surface area contributed by atoms with E-state index in [0.717, 1.165) is 23.7 Å². The third-order valence-corrected chi connectivity index (χ3v) is 5.65. The van der Waals surface area contributed by atoms with Crippen molar-refractivity contribution in [3.8, 4) is 0 Å². The zero-order valence-electron chi connectivity index (χ0n) is 9.77. The number of hydrogen-bond donors (Lipinski definition) is 1. The molecule has 0 heterocycles. The summed E-state index contributed by atoms with van der Waals surface area (Å²) in [6, 6.07) is 6.68. The van der Waals surface area contributed by atoms with Gasteiger partial charge in [0.05, 0.1) is 4.90 Å². The van der Waals surface area contributed by atoms with E-state index in [1.54, 1.807) is 24.3 Å². The minimum atomic E-state index is -3.45. The van der Waals surface area contributed by atoms with E-state index >= 15 is 0 Å². The van der Waals surface area contributed by atoms with Crippen molar-refractivity contribution >= 4 is 37.6 Å². The Labute approximate surface area is 121 Å². The maximum atomic E-state index is 12.2. The summed E-state index contributed by atoms with van der Waals surface area (Å²) in [5.41, 5.74) is 0. The van der Waals surface area contributed by atoms with Gasteiger partial charge in [-0.15, -0.1) is 11.6 Å². The average molecular weight is 353 g/mol. The zero-order valence-corrected chi connectivity index (χ0v) is 12.9. The largest absolute Gasteiger partial charge is 0.240 e. The Bertz CT molecular complexity index is 521. The van der Waals surface area contributed by atoms with Crippen LogP contribution in [0.15, 0.2) is 33.6 Å². The fourth-order valence-electron chi connectivity index (χ4n) is 2.28. The molecule has 1 aromatic rings. The van der Waals surface area contributed by atoms with E-state index in [4.69, 9.17) is 11.6 Å². The molecule has 0 amide bonds. The summed E-state index contributed by atoms with van der Waals surface area (Å²) in [7, 11) is -3.45. The van der Waals surface area contributed by atoms with Gasteiger partial charge in [-0.05, 0) is 37.0 Å². The summed E-state index contributed by atoms with van der Waals surface area (Å²) < 4.78 is 28.0. The quantitative estimate of drug-likeness (QED) is 0.846. The molecule has 2 rings (SSSR count). The van der Waals surface area contributed by atoms with Crippen LogP contribution in [0.3, 0.4) is 0 Å². The van der Waals surface area contributed by atoms with Gasteiger partial charge >= 0.3 is 0 Å². The maximum Gasteiger partial charge on any atom is 0.240 e. The fourth-order valence-corrected chi connectivity index (χ4v) is 4.58. The van der Waals surface area contributed by atoms with E-state index in [-0.39, 0.29) is 16.9 Å². The summed E-state index contributed by atoms with van der Waals surface area (Å²) in [5.74, 6) is 0.750. The molecule has 2 atom stereocenters. The van der Waals surface area contributed by atoms with Crippen molar-refractivity contribution in [2.75, 3.05) is 5.88 Å². The normalized spacial score (nSPS) is 24.3. The predicted molar refractivity (Wildman–Crippen MR) is 76.3 cm³/mol. The van der Waals surface area contributed by atoms with Crippen molar-refractivity contribution < 1.29 is 8.42 Å². The second-order valence-electron chi connectivity index (χ2n) is 4.53. The minimum Gasteiger partial charge on any atom is -0.208 e. The Morgan fingerprint density at radius 2 is 2.17 bits per heavy atom. The standard InChI is InChI=1S/C12H15BrClNO2S/c13-10-4-2-5-11(7-10)18(16,17)15-12-6-1-3-9(12)8-14/h2,4-5,7,9,12,15H,1,3,6,8H2. The van der Waals surface area contributed by atoms with Gasteiger partial charge in [0.2, 0.25) is 10.0 Å². The molecule has 1 saturated carbocycles. The van der Waals surface area contributed by atoms with Crippen LogP contribution in [0.4, 0.5) is 0 Å². The predicted octanol–water partition coefficient (Wildman–Crippen LogP) is 3.13. The van der Waals surface area contributed by atoms with E-state index in [1.165, 1.54) is 0 Å². The van der Waals surface area contributed by atoms with Gasteiger partial charge in [0.25, 0.3) is 0 Å². The molecule has 1 aromatic carbocycles. The first kappa shape index (κ1) is 14.3. The summed E-state index contributed by atoms with van der Waals surface area (Å²) in [4.78, 5) is 0.289. The van der Waals surface area contributed by atoms with E-state index < -0.39 is 10.0 Å². The highest BCUT2D eigenvalue weighted by molar-refractivity contribution is 9.10. The number of hydrogen-bond acceptors (Lipinski definition) is 2. The minimum absolute atomic E-state index is 0.0357. The highest BCUT2D eigenvalue weighted by Crippen LogP contribution is 2.28. The van der Waals surface area contributed by atoms with Crippen LogP contribution >= 0.6 is 27.5 Å². The van der Waals surface area contributed by atoms with Crippen molar-refractivity contribution in [1.82, 2.24) is 4.72 Å². The van der Waals surface area contributed by atoms with E-state index in [0.29, 0.717) is 5.88 Å². The maximum absolute atomic E-state index is 12.2. The van der Waals surface area contributed by atoms with Gasteiger partial charge in [0.15, 0.2) is 0 Å². The molecule has 0 bridgehead atoms. The van der Waals surface area contributed by atoms with E-state index in [2.05, 4.69) is 20.7 Å². The molecule has 2 unspecified atom stereocenters. The first-order valence-corrected chi connectivity index (χ1v) is 8.68. The van der Waals surface area contributed by atoms with Crippen LogP contribution in [0.25, 0.3) is 0 Å². The lowest BCUT2D eigenvalue weighted by Crippen LogP contribution is -2.37. The van der Waals surface area contributed by atoms with Gasteiger partial charge in [-0.2, -0.15) is 0 Å². The Morgan fingerprint density at radius 1 is 1.39 bits per heavy atom.